The van der Waals surface area contributed by atoms with Crippen molar-refractivity contribution in [3.8, 4) is 11.6 Å². The van der Waals surface area contributed by atoms with Crippen LogP contribution in [0.25, 0.3) is 0 Å². The van der Waals surface area contributed by atoms with Crippen molar-refractivity contribution in [1.29, 1.82) is 0 Å². The summed E-state index contributed by atoms with van der Waals surface area (Å²) in [6.07, 6.45) is 1.61. The molecule has 1 aromatic heterocycles. The van der Waals surface area contributed by atoms with Crippen molar-refractivity contribution in [2.45, 2.75) is 13.8 Å². The van der Waals surface area contributed by atoms with Gasteiger partial charge in [-0.3, -0.25) is 0 Å². The molecule has 5 heteroatoms. The molecule has 0 aliphatic heterocycles. The Kier molecular flexibility index (Phi) is 3.23. The summed E-state index contributed by atoms with van der Waals surface area (Å²) in [6.45, 7) is 3.49. The number of nitrogens with zero attached hydrogens (tertiary/aromatic N) is 2. The Hall–Kier alpha value is -2.43. The lowest BCUT2D eigenvalue weighted by Gasteiger charge is -2.07. The molecule has 1 N–H and O–H groups in total. The normalized spacial score (nSPS) is 10.1. The molecular weight excluding hydrogens is 232 g/mol. The fraction of sp³-hybridized carbons (Fsp3) is 0.154. The van der Waals surface area contributed by atoms with Gasteiger partial charge in [0.05, 0.1) is 5.56 Å². The highest BCUT2D eigenvalue weighted by atomic mass is 16.5. The highest BCUT2D eigenvalue weighted by molar-refractivity contribution is 5.89. The fourth-order valence-corrected chi connectivity index (χ4v) is 1.55. The number of aromatic carboxylic acids is 1. The number of benzene rings is 1. The van der Waals surface area contributed by atoms with Gasteiger partial charge in [-0.1, -0.05) is 0 Å². The van der Waals surface area contributed by atoms with Crippen LogP contribution in [0.2, 0.25) is 0 Å². The molecule has 5 nitrogen and oxygen atoms in total. The topological polar surface area (TPSA) is 72.3 Å². The summed E-state index contributed by atoms with van der Waals surface area (Å²) >= 11 is 0. The predicted molar refractivity (Wildman–Crippen MR) is 65.0 cm³/mol. The highest BCUT2D eigenvalue weighted by Gasteiger charge is 2.08. The molecule has 0 amide bonds. The number of hydrogen-bond acceptors (Lipinski definition) is 4. The first-order valence-corrected chi connectivity index (χ1v) is 5.38. The van der Waals surface area contributed by atoms with Crippen molar-refractivity contribution in [2.75, 3.05) is 0 Å². The van der Waals surface area contributed by atoms with E-state index < -0.39 is 5.97 Å². The van der Waals surface area contributed by atoms with Crippen molar-refractivity contribution in [3.05, 3.63) is 47.4 Å². The van der Waals surface area contributed by atoms with E-state index in [-0.39, 0.29) is 5.56 Å². The Morgan fingerprint density at radius 2 is 2.06 bits per heavy atom. The largest absolute Gasteiger partial charge is 0.478 e. The maximum atomic E-state index is 10.9. The molecule has 2 rings (SSSR count). The number of aromatic nitrogens is 2. The third kappa shape index (κ3) is 2.63. The van der Waals surface area contributed by atoms with Gasteiger partial charge in [-0.15, -0.1) is 0 Å². The van der Waals surface area contributed by atoms with E-state index in [2.05, 4.69) is 9.97 Å². The number of rotatable bonds is 3. The monoisotopic (exact) mass is 244 g/mol. The third-order valence-corrected chi connectivity index (χ3v) is 2.40. The van der Waals surface area contributed by atoms with Crippen LogP contribution < -0.4 is 4.74 Å². The molecule has 0 saturated carbocycles. The molecule has 0 unspecified atom stereocenters. The lowest BCUT2D eigenvalue weighted by molar-refractivity contribution is 0.0696. The molecule has 2 aromatic rings. The van der Waals surface area contributed by atoms with E-state index in [0.717, 1.165) is 0 Å². The minimum absolute atomic E-state index is 0.265. The van der Waals surface area contributed by atoms with Crippen LogP contribution in [0, 0.1) is 13.8 Å². The van der Waals surface area contributed by atoms with Crippen LogP contribution in [0.15, 0.2) is 30.5 Å². The third-order valence-electron chi connectivity index (χ3n) is 2.40. The van der Waals surface area contributed by atoms with Crippen LogP contribution in [0.5, 0.6) is 11.6 Å². The maximum absolute atomic E-state index is 10.9. The van der Waals surface area contributed by atoms with Gasteiger partial charge in [0.15, 0.2) is 0 Å². The zero-order valence-electron chi connectivity index (χ0n) is 10.0. The van der Waals surface area contributed by atoms with Crippen molar-refractivity contribution < 1.29 is 14.6 Å². The summed E-state index contributed by atoms with van der Waals surface area (Å²) in [4.78, 5) is 18.9. The summed E-state index contributed by atoms with van der Waals surface area (Å²) in [7, 11) is 0. The minimum Gasteiger partial charge on any atom is -0.478 e. The van der Waals surface area contributed by atoms with Crippen LogP contribution in [0.4, 0.5) is 0 Å². The lowest BCUT2D eigenvalue weighted by Crippen LogP contribution is -1.99. The van der Waals surface area contributed by atoms with Crippen molar-refractivity contribution in [3.63, 3.8) is 0 Å². The Morgan fingerprint density at radius 3 is 2.67 bits per heavy atom. The van der Waals surface area contributed by atoms with E-state index in [9.17, 15) is 4.79 Å². The smallest absolute Gasteiger partial charge is 0.335 e. The summed E-state index contributed by atoms with van der Waals surface area (Å²) < 4.78 is 5.53. The Morgan fingerprint density at radius 1 is 1.28 bits per heavy atom. The number of carboxylic acids is 1. The lowest BCUT2D eigenvalue weighted by atomic mass is 10.1. The zero-order valence-corrected chi connectivity index (χ0v) is 10.0. The second-order valence-electron chi connectivity index (χ2n) is 3.83. The van der Waals surface area contributed by atoms with E-state index in [0.29, 0.717) is 23.0 Å². The van der Waals surface area contributed by atoms with Crippen LogP contribution in [0.1, 0.15) is 21.7 Å². The van der Waals surface area contributed by atoms with Gasteiger partial charge < -0.3 is 9.84 Å². The van der Waals surface area contributed by atoms with Gasteiger partial charge in [-0.25, -0.2) is 9.78 Å². The molecule has 0 bridgehead atoms. The SMILES string of the molecule is Cc1nccc(Oc2ccc(C(=O)O)c(C)c2)n1. The van der Waals surface area contributed by atoms with Gasteiger partial charge in [0.1, 0.15) is 11.6 Å². The molecule has 18 heavy (non-hydrogen) atoms. The molecule has 0 aliphatic carbocycles. The van der Waals surface area contributed by atoms with Crippen LogP contribution in [-0.4, -0.2) is 21.0 Å². The number of aryl methyl sites for hydroxylation is 2. The molecule has 92 valence electrons. The molecular formula is C13H12N2O3. The maximum Gasteiger partial charge on any atom is 0.335 e. The quantitative estimate of drug-likeness (QED) is 0.898. The van der Waals surface area contributed by atoms with E-state index >= 15 is 0 Å². The van der Waals surface area contributed by atoms with Gasteiger partial charge in [0, 0.05) is 12.3 Å². The standard InChI is InChI=1S/C13H12N2O3/c1-8-7-10(3-4-11(8)13(16)17)18-12-5-6-14-9(2)15-12/h3-7H,1-2H3,(H,16,17). The molecule has 0 fully saturated rings. The molecule has 0 aliphatic rings. The molecule has 0 radical (unpaired) electrons. The minimum atomic E-state index is -0.947. The summed E-state index contributed by atoms with van der Waals surface area (Å²) in [5.41, 5.74) is 0.909. The first-order chi connectivity index (χ1) is 8.56. The van der Waals surface area contributed by atoms with Crippen molar-refractivity contribution >= 4 is 5.97 Å². The van der Waals surface area contributed by atoms with Gasteiger partial charge in [-0.2, -0.15) is 4.98 Å². The molecule has 0 atom stereocenters. The average molecular weight is 244 g/mol. The fourth-order valence-electron chi connectivity index (χ4n) is 1.55. The first kappa shape index (κ1) is 12.0. The molecule has 0 saturated heterocycles. The molecule has 1 aromatic carbocycles. The molecule has 0 spiro atoms. The number of ether oxygens (including phenoxy) is 1. The summed E-state index contributed by atoms with van der Waals surface area (Å²) in [5, 5.41) is 8.92. The van der Waals surface area contributed by atoms with Gasteiger partial charge in [0.25, 0.3) is 0 Å². The summed E-state index contributed by atoms with van der Waals surface area (Å²) in [6, 6.07) is 6.43. The van der Waals surface area contributed by atoms with E-state index in [4.69, 9.17) is 9.84 Å². The average Bonchev–Trinajstić information content (AvgIpc) is 2.28. The van der Waals surface area contributed by atoms with Crippen LogP contribution in [-0.2, 0) is 0 Å². The van der Waals surface area contributed by atoms with E-state index in [1.807, 2.05) is 0 Å². The van der Waals surface area contributed by atoms with E-state index in [1.165, 1.54) is 6.07 Å². The Labute approximate surface area is 104 Å². The summed E-state index contributed by atoms with van der Waals surface area (Å²) in [5.74, 6) is 0.656. The second-order valence-corrected chi connectivity index (χ2v) is 3.83. The van der Waals surface area contributed by atoms with Crippen molar-refractivity contribution in [2.24, 2.45) is 0 Å². The highest BCUT2D eigenvalue weighted by Crippen LogP contribution is 2.22. The van der Waals surface area contributed by atoms with Crippen LogP contribution >= 0.6 is 0 Å². The Bertz CT molecular complexity index is 597. The van der Waals surface area contributed by atoms with E-state index in [1.54, 1.807) is 38.2 Å². The number of carboxylic acid groups (broad SMARTS) is 1. The first-order valence-electron chi connectivity index (χ1n) is 5.38. The second kappa shape index (κ2) is 4.83. The molecule has 1 heterocycles. The predicted octanol–water partition coefficient (Wildman–Crippen LogP) is 2.58. The van der Waals surface area contributed by atoms with Gasteiger partial charge in [0.2, 0.25) is 5.88 Å². The van der Waals surface area contributed by atoms with Gasteiger partial charge in [-0.05, 0) is 37.6 Å². The van der Waals surface area contributed by atoms with Gasteiger partial charge >= 0.3 is 5.97 Å². The number of hydrogen-bond donors (Lipinski definition) is 1. The Balaban J connectivity index is 2.25. The number of carbonyl (C=O) groups is 1. The zero-order chi connectivity index (χ0) is 13.1. The van der Waals surface area contributed by atoms with Crippen molar-refractivity contribution in [1.82, 2.24) is 9.97 Å². The van der Waals surface area contributed by atoms with Crippen LogP contribution in [0.3, 0.4) is 0 Å².